The number of hydrogen-bond donors (Lipinski definition) is 0. The van der Waals surface area contributed by atoms with Crippen LogP contribution in [0.2, 0.25) is 18.1 Å². The summed E-state index contributed by atoms with van der Waals surface area (Å²) in [5.41, 5.74) is 0. The van der Waals surface area contributed by atoms with Crippen LogP contribution in [-0.2, 0) is 23.7 Å². The first-order valence-corrected chi connectivity index (χ1v) is 20.6. The Morgan fingerprint density at radius 3 is 2.05 bits per heavy atom. The number of sulfone groups is 1. The Bertz CT molecular complexity index is 914. The van der Waals surface area contributed by atoms with Crippen LogP contribution in [0, 0.1) is 11.8 Å². The average Bonchev–Trinajstić information content (AvgIpc) is 2.88. The van der Waals surface area contributed by atoms with Crippen LogP contribution in [0.4, 0.5) is 0 Å². The molecule has 38 heavy (non-hydrogen) atoms. The Hall–Kier alpha value is -0.0331. The first-order chi connectivity index (χ1) is 17.7. The molecule has 0 aromatic heterocycles. The molecular weight excluding hydrogens is 553 g/mol. The molecule has 1 heterocycles. The summed E-state index contributed by atoms with van der Waals surface area (Å²) in [7, 11) is -1.89. The van der Waals surface area contributed by atoms with Crippen molar-refractivity contribution in [3.05, 3.63) is 30.3 Å². The van der Waals surface area contributed by atoms with Crippen LogP contribution in [0.25, 0.3) is 0 Å². The molecule has 220 valence electrons. The third kappa shape index (κ3) is 10.1. The molecule has 2 rings (SSSR count). The number of benzene rings is 1. The van der Waals surface area contributed by atoms with E-state index in [1.807, 2.05) is 6.07 Å². The summed E-state index contributed by atoms with van der Waals surface area (Å²) in [5.74, 6) is 3.24. The fraction of sp³-hybridized carbons (Fsp3) is 0.793. The van der Waals surface area contributed by atoms with Gasteiger partial charge in [0.2, 0.25) is 0 Å². The number of rotatable bonds is 15. The molecule has 1 saturated heterocycles. The second-order valence-corrected chi connectivity index (χ2v) is 22.0. The molecule has 0 spiro atoms. The standard InChI is InChI=1S/C29H52O5S3Si/c1-22(16-19-37(30,31)24-14-11-10-12-15-24)20-25(32-6)27(34-38(8,9)29(3,4)5)26(33-7)21-23(2)28-35-17-13-18-36-28/h10-12,14-15,22-23,25-28H,13,16-21H2,1-9H3/t22-,23+,25-,26-,27+/m0/s1. The molecule has 0 N–H and O–H groups in total. The molecule has 0 aliphatic carbocycles. The molecule has 0 radical (unpaired) electrons. The molecule has 0 bridgehead atoms. The monoisotopic (exact) mass is 604 g/mol. The van der Waals surface area contributed by atoms with Gasteiger partial charge in [-0.15, -0.1) is 23.5 Å². The Morgan fingerprint density at radius 1 is 0.974 bits per heavy atom. The molecule has 0 saturated carbocycles. The van der Waals surface area contributed by atoms with Crippen molar-refractivity contribution >= 4 is 41.7 Å². The van der Waals surface area contributed by atoms with Gasteiger partial charge in [0.25, 0.3) is 0 Å². The Balaban J connectivity index is 2.20. The number of thioether (sulfide) groups is 2. The van der Waals surface area contributed by atoms with Crippen LogP contribution in [0.3, 0.4) is 0 Å². The van der Waals surface area contributed by atoms with E-state index in [2.05, 4.69) is 71.2 Å². The predicted octanol–water partition coefficient (Wildman–Crippen LogP) is 7.52. The molecular formula is C29H52O5S3Si. The van der Waals surface area contributed by atoms with Gasteiger partial charge in [0.05, 0.1) is 33.5 Å². The predicted molar refractivity (Wildman–Crippen MR) is 168 cm³/mol. The lowest BCUT2D eigenvalue weighted by atomic mass is 9.92. The highest BCUT2D eigenvalue weighted by Gasteiger charge is 2.44. The van der Waals surface area contributed by atoms with E-state index >= 15 is 0 Å². The fourth-order valence-electron chi connectivity index (χ4n) is 4.57. The van der Waals surface area contributed by atoms with Gasteiger partial charge in [-0.3, -0.25) is 0 Å². The molecule has 5 nitrogen and oxygen atoms in total. The highest BCUT2D eigenvalue weighted by Crippen LogP contribution is 2.41. The minimum Gasteiger partial charge on any atom is -0.409 e. The topological polar surface area (TPSA) is 61.8 Å². The summed E-state index contributed by atoms with van der Waals surface area (Å²) in [6.07, 6.45) is 3.02. The minimum atomic E-state index is -3.31. The highest BCUT2D eigenvalue weighted by atomic mass is 32.2. The van der Waals surface area contributed by atoms with E-state index in [1.54, 1.807) is 38.5 Å². The van der Waals surface area contributed by atoms with Crippen molar-refractivity contribution in [1.82, 2.24) is 0 Å². The van der Waals surface area contributed by atoms with Crippen molar-refractivity contribution in [2.75, 3.05) is 31.5 Å². The zero-order chi connectivity index (χ0) is 28.6. The van der Waals surface area contributed by atoms with Gasteiger partial charge in [0.1, 0.15) is 0 Å². The van der Waals surface area contributed by atoms with Gasteiger partial charge in [-0.1, -0.05) is 52.8 Å². The first kappa shape index (κ1) is 34.2. The second-order valence-electron chi connectivity index (χ2n) is 12.3. The van der Waals surface area contributed by atoms with Crippen LogP contribution >= 0.6 is 23.5 Å². The third-order valence-corrected chi connectivity index (χ3v) is 17.8. The average molecular weight is 605 g/mol. The maximum absolute atomic E-state index is 12.9. The summed E-state index contributed by atoms with van der Waals surface area (Å²) in [6.45, 7) is 15.8. The first-order valence-electron chi connectivity index (χ1n) is 14.0. The van der Waals surface area contributed by atoms with E-state index < -0.39 is 18.2 Å². The highest BCUT2D eigenvalue weighted by molar-refractivity contribution is 8.17. The lowest BCUT2D eigenvalue weighted by Crippen LogP contribution is -2.53. The van der Waals surface area contributed by atoms with E-state index in [0.717, 1.165) is 12.8 Å². The molecule has 5 atom stereocenters. The smallest absolute Gasteiger partial charge is 0.192 e. The molecule has 9 heteroatoms. The van der Waals surface area contributed by atoms with Gasteiger partial charge < -0.3 is 13.9 Å². The maximum Gasteiger partial charge on any atom is 0.192 e. The van der Waals surface area contributed by atoms with E-state index in [1.165, 1.54) is 17.9 Å². The van der Waals surface area contributed by atoms with Crippen LogP contribution in [0.5, 0.6) is 0 Å². The number of hydrogen-bond acceptors (Lipinski definition) is 7. The minimum absolute atomic E-state index is 0.0535. The van der Waals surface area contributed by atoms with Crippen molar-refractivity contribution in [2.24, 2.45) is 11.8 Å². The molecule has 1 aromatic rings. The lowest BCUT2D eigenvalue weighted by Gasteiger charge is -2.44. The van der Waals surface area contributed by atoms with Gasteiger partial charge in [0, 0.05) is 14.2 Å². The van der Waals surface area contributed by atoms with Gasteiger partial charge in [-0.2, -0.15) is 0 Å². The number of ether oxygens (including phenoxy) is 2. The molecule has 0 amide bonds. The van der Waals surface area contributed by atoms with Gasteiger partial charge >= 0.3 is 0 Å². The van der Waals surface area contributed by atoms with Crippen LogP contribution in [-0.4, -0.2) is 71.1 Å². The van der Waals surface area contributed by atoms with Crippen molar-refractivity contribution in [3.8, 4) is 0 Å². The van der Waals surface area contributed by atoms with E-state index in [4.69, 9.17) is 13.9 Å². The second kappa shape index (κ2) is 15.3. The summed E-state index contributed by atoms with van der Waals surface area (Å²) in [4.78, 5) is 0.390. The van der Waals surface area contributed by atoms with E-state index in [9.17, 15) is 8.42 Å². The Labute approximate surface area is 243 Å². The quantitative estimate of drug-likeness (QED) is 0.192. The van der Waals surface area contributed by atoms with E-state index in [-0.39, 0.29) is 35.0 Å². The Morgan fingerprint density at radius 2 is 1.53 bits per heavy atom. The SMILES string of the molecule is CO[C@@H](C[C@@H](C)CCS(=O)(=O)c1ccccc1)[C@@H](O[Si](C)(C)C(C)(C)C)[C@H](C[C@@H](C)C1SCCCS1)OC. The summed E-state index contributed by atoms with van der Waals surface area (Å²) < 4.78 is 45.7. The third-order valence-electron chi connectivity index (χ3n) is 8.11. The molecule has 1 aliphatic rings. The van der Waals surface area contributed by atoms with Crippen molar-refractivity contribution in [3.63, 3.8) is 0 Å². The van der Waals surface area contributed by atoms with Crippen LogP contribution in [0.15, 0.2) is 35.2 Å². The Kier molecular flexibility index (Phi) is 13.7. The molecule has 0 unspecified atom stereocenters. The maximum atomic E-state index is 12.9. The van der Waals surface area contributed by atoms with Crippen molar-refractivity contribution < 1.29 is 22.3 Å². The summed E-state index contributed by atoms with van der Waals surface area (Å²) >= 11 is 4.14. The summed E-state index contributed by atoms with van der Waals surface area (Å²) in [6, 6.07) is 8.74. The molecule has 1 fully saturated rings. The van der Waals surface area contributed by atoms with Crippen LogP contribution < -0.4 is 0 Å². The number of methoxy groups -OCH3 is 2. The lowest BCUT2D eigenvalue weighted by molar-refractivity contribution is -0.0935. The molecule has 1 aliphatic heterocycles. The molecule has 1 aromatic carbocycles. The zero-order valence-corrected chi connectivity index (χ0v) is 28.5. The largest absolute Gasteiger partial charge is 0.409 e. The van der Waals surface area contributed by atoms with Gasteiger partial charge in [0.15, 0.2) is 18.2 Å². The van der Waals surface area contributed by atoms with Crippen molar-refractivity contribution in [2.45, 2.75) is 106 Å². The fourth-order valence-corrected chi connectivity index (χ4v) is 10.5. The zero-order valence-electron chi connectivity index (χ0n) is 25.1. The van der Waals surface area contributed by atoms with Gasteiger partial charge in [-0.25, -0.2) is 8.42 Å². The normalized spacial score (nSPS) is 20.0. The van der Waals surface area contributed by atoms with Crippen molar-refractivity contribution in [1.29, 1.82) is 0 Å². The van der Waals surface area contributed by atoms with E-state index in [0.29, 0.717) is 21.8 Å². The van der Waals surface area contributed by atoms with Crippen LogP contribution in [0.1, 0.15) is 60.3 Å². The van der Waals surface area contributed by atoms with Gasteiger partial charge in [-0.05, 0) is 79.3 Å². The summed E-state index contributed by atoms with van der Waals surface area (Å²) in [5, 5.41) is 0.0535.